The molecule has 0 fully saturated rings. The summed E-state index contributed by atoms with van der Waals surface area (Å²) < 4.78 is 12.4. The van der Waals surface area contributed by atoms with Crippen LogP contribution in [0.3, 0.4) is 0 Å². The molecule has 0 radical (unpaired) electrons. The standard InChI is InChI=1S/C16H19BrClN3O4/c1-6-24-14(22)12-11(18)13-9(17)7-8-10(21(13)19-12)20(5)15(23)25-16(2,3)4/h7-8H,6H2,1-5H3. The molecule has 0 aliphatic carbocycles. The summed E-state index contributed by atoms with van der Waals surface area (Å²) in [5.74, 6) is -0.237. The molecule has 0 aliphatic rings. The predicted molar refractivity (Wildman–Crippen MR) is 98.5 cm³/mol. The van der Waals surface area contributed by atoms with Gasteiger partial charge in [0.25, 0.3) is 0 Å². The van der Waals surface area contributed by atoms with Gasteiger partial charge in [-0.2, -0.15) is 5.10 Å². The van der Waals surface area contributed by atoms with Gasteiger partial charge in [0.2, 0.25) is 0 Å². The Balaban J connectivity index is 2.55. The number of nitrogens with zero attached hydrogens (tertiary/aromatic N) is 3. The maximum atomic E-state index is 12.3. The number of hydrogen-bond acceptors (Lipinski definition) is 5. The van der Waals surface area contributed by atoms with Crippen molar-refractivity contribution in [1.82, 2.24) is 9.61 Å². The first kappa shape index (κ1) is 19.5. The van der Waals surface area contributed by atoms with E-state index in [-0.39, 0.29) is 17.3 Å². The summed E-state index contributed by atoms with van der Waals surface area (Å²) in [6.45, 7) is 7.23. The Kier molecular flexibility index (Phi) is 5.63. The lowest BCUT2D eigenvalue weighted by atomic mass is 10.2. The Labute approximate surface area is 159 Å². The monoisotopic (exact) mass is 431 g/mol. The Morgan fingerprint density at radius 3 is 2.56 bits per heavy atom. The molecule has 2 aromatic rings. The summed E-state index contributed by atoms with van der Waals surface area (Å²) >= 11 is 9.69. The van der Waals surface area contributed by atoms with Gasteiger partial charge in [-0.05, 0) is 55.8 Å². The van der Waals surface area contributed by atoms with Crippen molar-refractivity contribution in [3.05, 3.63) is 27.3 Å². The van der Waals surface area contributed by atoms with Crippen molar-refractivity contribution >= 4 is 50.9 Å². The van der Waals surface area contributed by atoms with Crippen LogP contribution in [0, 0.1) is 0 Å². The second kappa shape index (κ2) is 7.21. The van der Waals surface area contributed by atoms with Crippen molar-refractivity contribution in [1.29, 1.82) is 0 Å². The third-order valence-corrected chi connectivity index (χ3v) is 4.13. The van der Waals surface area contributed by atoms with E-state index >= 15 is 0 Å². The molecule has 0 N–H and O–H groups in total. The highest BCUT2D eigenvalue weighted by Crippen LogP contribution is 2.32. The highest BCUT2D eigenvalue weighted by molar-refractivity contribution is 9.10. The predicted octanol–water partition coefficient (Wildman–Crippen LogP) is 4.30. The lowest BCUT2D eigenvalue weighted by Crippen LogP contribution is -2.35. The Morgan fingerprint density at radius 2 is 2.00 bits per heavy atom. The number of amides is 1. The van der Waals surface area contributed by atoms with E-state index in [9.17, 15) is 9.59 Å². The first-order valence-corrected chi connectivity index (χ1v) is 8.74. The van der Waals surface area contributed by atoms with Gasteiger partial charge in [-0.15, -0.1) is 0 Å². The van der Waals surface area contributed by atoms with E-state index in [0.29, 0.717) is 15.8 Å². The molecule has 0 unspecified atom stereocenters. The largest absolute Gasteiger partial charge is 0.461 e. The minimum Gasteiger partial charge on any atom is -0.461 e. The lowest BCUT2D eigenvalue weighted by molar-refractivity contribution is 0.0518. The molecule has 136 valence electrons. The number of pyridine rings is 1. The average Bonchev–Trinajstić information content (AvgIpc) is 2.84. The van der Waals surface area contributed by atoms with Gasteiger partial charge < -0.3 is 9.47 Å². The van der Waals surface area contributed by atoms with Crippen LogP contribution in [0.2, 0.25) is 5.02 Å². The van der Waals surface area contributed by atoms with Gasteiger partial charge in [-0.3, -0.25) is 4.90 Å². The van der Waals surface area contributed by atoms with Gasteiger partial charge >= 0.3 is 12.1 Å². The van der Waals surface area contributed by atoms with Crippen molar-refractivity contribution in [2.75, 3.05) is 18.6 Å². The Bertz CT molecular complexity index is 829. The molecule has 0 aliphatic heterocycles. The zero-order valence-corrected chi connectivity index (χ0v) is 16.9. The van der Waals surface area contributed by atoms with E-state index < -0.39 is 17.7 Å². The number of esters is 1. The summed E-state index contributed by atoms with van der Waals surface area (Å²) in [5.41, 5.74) is -0.204. The number of halogens is 2. The minimum atomic E-state index is -0.641. The number of aromatic nitrogens is 2. The van der Waals surface area contributed by atoms with Crippen LogP contribution in [0.15, 0.2) is 16.6 Å². The van der Waals surface area contributed by atoms with E-state index in [2.05, 4.69) is 21.0 Å². The number of carbonyl (C=O) groups is 2. The fraction of sp³-hybridized carbons (Fsp3) is 0.438. The molecule has 0 saturated heterocycles. The smallest absolute Gasteiger partial charge is 0.415 e. The number of carbonyl (C=O) groups excluding carboxylic acids is 2. The molecule has 0 atom stereocenters. The number of anilines is 1. The molecule has 2 heterocycles. The average molecular weight is 433 g/mol. The topological polar surface area (TPSA) is 73.1 Å². The molecule has 25 heavy (non-hydrogen) atoms. The molecular formula is C16H19BrClN3O4. The third-order valence-electron chi connectivity index (χ3n) is 3.13. The molecule has 7 nitrogen and oxygen atoms in total. The molecule has 0 aromatic carbocycles. The van der Waals surface area contributed by atoms with Gasteiger partial charge in [0.1, 0.15) is 22.0 Å². The molecule has 1 amide bonds. The SMILES string of the molecule is CCOC(=O)c1nn2c(N(C)C(=O)OC(C)(C)C)ccc(Br)c2c1Cl. The summed E-state index contributed by atoms with van der Waals surface area (Å²) in [4.78, 5) is 25.7. The van der Waals surface area contributed by atoms with E-state index in [1.807, 2.05) is 0 Å². The highest BCUT2D eigenvalue weighted by Gasteiger charge is 2.26. The van der Waals surface area contributed by atoms with Crippen LogP contribution in [-0.2, 0) is 9.47 Å². The van der Waals surface area contributed by atoms with Crippen molar-refractivity contribution in [2.45, 2.75) is 33.3 Å². The lowest BCUT2D eigenvalue weighted by Gasteiger charge is -2.25. The molecule has 2 aromatic heterocycles. The van der Waals surface area contributed by atoms with Crippen LogP contribution in [0.1, 0.15) is 38.2 Å². The zero-order valence-electron chi connectivity index (χ0n) is 14.6. The minimum absolute atomic E-state index is 0.0192. The van der Waals surface area contributed by atoms with Crippen LogP contribution in [0.5, 0.6) is 0 Å². The normalized spacial score (nSPS) is 11.5. The fourth-order valence-corrected chi connectivity index (χ4v) is 2.99. The van der Waals surface area contributed by atoms with Gasteiger partial charge in [0.15, 0.2) is 5.69 Å². The quantitative estimate of drug-likeness (QED) is 0.676. The first-order chi connectivity index (χ1) is 11.6. The first-order valence-electron chi connectivity index (χ1n) is 7.57. The van der Waals surface area contributed by atoms with Crippen LogP contribution in [0.4, 0.5) is 10.6 Å². The molecule has 0 spiro atoms. The summed E-state index contributed by atoms with van der Waals surface area (Å²) in [7, 11) is 1.55. The van der Waals surface area contributed by atoms with E-state index in [0.717, 1.165) is 0 Å². The zero-order chi connectivity index (χ0) is 18.9. The maximum absolute atomic E-state index is 12.3. The van der Waals surface area contributed by atoms with Crippen LogP contribution < -0.4 is 4.90 Å². The summed E-state index contributed by atoms with van der Waals surface area (Å²) in [6.07, 6.45) is -0.555. The van der Waals surface area contributed by atoms with Crippen LogP contribution >= 0.6 is 27.5 Å². The highest BCUT2D eigenvalue weighted by atomic mass is 79.9. The van der Waals surface area contributed by atoms with Crippen LogP contribution in [0.25, 0.3) is 5.52 Å². The Hall–Kier alpha value is -1.80. The van der Waals surface area contributed by atoms with Gasteiger partial charge in [-0.1, -0.05) is 11.6 Å². The van der Waals surface area contributed by atoms with Crippen molar-refractivity contribution < 1.29 is 19.1 Å². The number of ether oxygens (including phenoxy) is 2. The number of hydrogen-bond donors (Lipinski definition) is 0. The van der Waals surface area contributed by atoms with Crippen LogP contribution in [-0.4, -0.2) is 40.9 Å². The van der Waals surface area contributed by atoms with E-state index in [4.69, 9.17) is 21.1 Å². The third kappa shape index (κ3) is 4.07. The van der Waals surface area contributed by atoms with Gasteiger partial charge in [0, 0.05) is 11.5 Å². The van der Waals surface area contributed by atoms with E-state index in [1.165, 1.54) is 9.42 Å². The molecular weight excluding hydrogens is 414 g/mol. The molecule has 9 heteroatoms. The van der Waals surface area contributed by atoms with Gasteiger partial charge in [-0.25, -0.2) is 14.1 Å². The van der Waals surface area contributed by atoms with Gasteiger partial charge in [0.05, 0.1) is 6.61 Å². The van der Waals surface area contributed by atoms with Crippen molar-refractivity contribution in [2.24, 2.45) is 0 Å². The molecule has 2 rings (SSSR count). The maximum Gasteiger partial charge on any atom is 0.415 e. The summed E-state index contributed by atoms with van der Waals surface area (Å²) in [5, 5.41) is 4.37. The number of rotatable bonds is 3. The second-order valence-electron chi connectivity index (χ2n) is 6.22. The fourth-order valence-electron chi connectivity index (χ4n) is 2.08. The molecule has 0 saturated carbocycles. The summed E-state index contributed by atoms with van der Waals surface area (Å²) in [6, 6.07) is 3.38. The molecule has 0 bridgehead atoms. The van der Waals surface area contributed by atoms with Crippen molar-refractivity contribution in [3.8, 4) is 0 Å². The van der Waals surface area contributed by atoms with E-state index in [1.54, 1.807) is 46.9 Å². The second-order valence-corrected chi connectivity index (χ2v) is 7.45. The Morgan fingerprint density at radius 1 is 1.36 bits per heavy atom. The number of fused-ring (bicyclic) bond motifs is 1. The van der Waals surface area contributed by atoms with Crippen molar-refractivity contribution in [3.63, 3.8) is 0 Å².